The van der Waals surface area contributed by atoms with Gasteiger partial charge in [0.15, 0.2) is 5.82 Å². The van der Waals surface area contributed by atoms with Gasteiger partial charge in [-0.1, -0.05) is 18.2 Å². The number of aryl methyl sites for hydroxylation is 1. The summed E-state index contributed by atoms with van der Waals surface area (Å²) in [5.74, 6) is 2.05. The number of benzene rings is 2. The fourth-order valence-corrected chi connectivity index (χ4v) is 2.77. The lowest BCUT2D eigenvalue weighted by atomic mass is 9.79. The molecule has 0 fully saturated rings. The van der Waals surface area contributed by atoms with E-state index in [1.165, 1.54) is 0 Å². The molecule has 3 N–H and O–H groups in total. The van der Waals surface area contributed by atoms with Gasteiger partial charge in [0.25, 0.3) is 0 Å². The van der Waals surface area contributed by atoms with Gasteiger partial charge in [0.05, 0.1) is 19.9 Å². The number of hydrogen-bond donors (Lipinski definition) is 3. The van der Waals surface area contributed by atoms with Crippen LogP contribution in [0.15, 0.2) is 36.4 Å². The number of nitrogens with one attached hydrogen (secondary N) is 1. The minimum atomic E-state index is -1.52. The molecule has 2 aromatic carbocycles. The maximum absolute atomic E-state index is 9.38. The fraction of sp³-hybridized carbons (Fsp3) is 0.222. The van der Waals surface area contributed by atoms with Crippen molar-refractivity contribution in [1.29, 1.82) is 0 Å². The van der Waals surface area contributed by atoms with Crippen LogP contribution in [0, 0.1) is 6.92 Å². The molecule has 1 aromatic heterocycles. The molecule has 3 rings (SSSR count). The van der Waals surface area contributed by atoms with E-state index in [4.69, 9.17) is 9.47 Å². The van der Waals surface area contributed by atoms with Gasteiger partial charge in [0.2, 0.25) is 0 Å². The fourth-order valence-electron chi connectivity index (χ4n) is 2.77. The highest BCUT2D eigenvalue weighted by Gasteiger charge is 2.14. The molecule has 0 spiro atoms. The summed E-state index contributed by atoms with van der Waals surface area (Å²) in [6, 6.07) is 10.8. The molecule has 0 radical (unpaired) electrons. The Kier molecular flexibility index (Phi) is 5.25. The van der Waals surface area contributed by atoms with Gasteiger partial charge in [-0.3, -0.25) is 0 Å². The molecule has 8 heteroatoms. The zero-order valence-corrected chi connectivity index (χ0v) is 14.9. The van der Waals surface area contributed by atoms with Crippen molar-refractivity contribution in [2.75, 3.05) is 19.5 Å². The van der Waals surface area contributed by atoms with E-state index < -0.39 is 7.12 Å². The van der Waals surface area contributed by atoms with Gasteiger partial charge < -0.3 is 24.8 Å². The van der Waals surface area contributed by atoms with Gasteiger partial charge >= 0.3 is 7.12 Å². The molecule has 0 saturated carbocycles. The molecule has 0 unspecified atom stereocenters. The van der Waals surface area contributed by atoms with E-state index in [9.17, 15) is 10.0 Å². The molecule has 0 bridgehead atoms. The summed E-state index contributed by atoms with van der Waals surface area (Å²) in [6.45, 7) is 2.32. The largest absolute Gasteiger partial charge is 0.497 e. The van der Waals surface area contributed by atoms with Crippen molar-refractivity contribution in [1.82, 2.24) is 10.2 Å². The van der Waals surface area contributed by atoms with Crippen molar-refractivity contribution in [3.8, 4) is 11.5 Å². The highest BCUT2D eigenvalue weighted by molar-refractivity contribution is 6.59. The predicted molar refractivity (Wildman–Crippen MR) is 101 cm³/mol. The number of rotatable bonds is 6. The maximum Gasteiger partial charge on any atom is 0.488 e. The first kappa shape index (κ1) is 18.0. The molecule has 0 aliphatic heterocycles. The first-order chi connectivity index (χ1) is 12.5. The Bertz CT molecular complexity index is 934. The van der Waals surface area contributed by atoms with Crippen LogP contribution in [0.25, 0.3) is 10.8 Å². The van der Waals surface area contributed by atoms with Crippen LogP contribution in [0.3, 0.4) is 0 Å². The smallest absolute Gasteiger partial charge is 0.488 e. The molecule has 0 saturated heterocycles. The highest BCUT2D eigenvalue weighted by atomic mass is 16.5. The van der Waals surface area contributed by atoms with Crippen LogP contribution in [0.4, 0.5) is 5.82 Å². The first-order valence-electron chi connectivity index (χ1n) is 8.11. The summed E-state index contributed by atoms with van der Waals surface area (Å²) in [5, 5.41) is 32.1. The third kappa shape index (κ3) is 3.56. The van der Waals surface area contributed by atoms with Gasteiger partial charge in [0.1, 0.15) is 11.5 Å². The number of aromatic nitrogens is 2. The van der Waals surface area contributed by atoms with Gasteiger partial charge in [-0.25, -0.2) is 0 Å². The number of methoxy groups -OCH3 is 2. The van der Waals surface area contributed by atoms with Crippen LogP contribution in [0.1, 0.15) is 11.3 Å². The summed E-state index contributed by atoms with van der Waals surface area (Å²) in [6.07, 6.45) is 0. The number of ether oxygens (including phenoxy) is 2. The molecule has 0 atom stereocenters. The highest BCUT2D eigenvalue weighted by Crippen LogP contribution is 2.27. The Morgan fingerprint density at radius 2 is 1.81 bits per heavy atom. The number of fused-ring (bicyclic) bond motifs is 1. The van der Waals surface area contributed by atoms with Gasteiger partial charge in [-0.2, -0.15) is 5.10 Å². The van der Waals surface area contributed by atoms with E-state index in [1.807, 2.05) is 25.1 Å². The van der Waals surface area contributed by atoms with Crippen molar-refractivity contribution < 1.29 is 19.5 Å². The Hall–Kier alpha value is -2.84. The van der Waals surface area contributed by atoms with Crippen molar-refractivity contribution in [2.45, 2.75) is 13.5 Å². The number of hydrogen-bond acceptors (Lipinski definition) is 7. The SMILES string of the molecule is COc1ccc(CNc2nnc(C)c3cc(B(O)O)ccc23)c(OC)c1. The van der Waals surface area contributed by atoms with E-state index in [1.54, 1.807) is 32.4 Å². The Morgan fingerprint density at radius 3 is 2.50 bits per heavy atom. The average Bonchev–Trinajstić information content (AvgIpc) is 2.67. The molecule has 0 aliphatic carbocycles. The summed E-state index contributed by atoms with van der Waals surface area (Å²) < 4.78 is 10.6. The third-order valence-electron chi connectivity index (χ3n) is 4.23. The molecular formula is C18H20BN3O4. The summed E-state index contributed by atoms with van der Waals surface area (Å²) >= 11 is 0. The lowest BCUT2D eigenvalue weighted by molar-refractivity contribution is 0.391. The minimum absolute atomic E-state index is 0.413. The van der Waals surface area contributed by atoms with Crippen LogP contribution >= 0.6 is 0 Å². The second kappa shape index (κ2) is 7.59. The van der Waals surface area contributed by atoms with Crippen LogP contribution in [-0.2, 0) is 6.54 Å². The minimum Gasteiger partial charge on any atom is -0.497 e. The first-order valence-corrected chi connectivity index (χ1v) is 8.11. The lowest BCUT2D eigenvalue weighted by Crippen LogP contribution is -2.29. The van der Waals surface area contributed by atoms with Gasteiger partial charge in [-0.05, 0) is 24.5 Å². The van der Waals surface area contributed by atoms with Crippen molar-refractivity contribution in [3.63, 3.8) is 0 Å². The molecule has 0 amide bonds. The molecule has 0 aliphatic rings. The summed E-state index contributed by atoms with van der Waals surface area (Å²) in [5.41, 5.74) is 2.08. The van der Waals surface area contributed by atoms with E-state index in [0.717, 1.165) is 27.8 Å². The topological polar surface area (TPSA) is 96.7 Å². The van der Waals surface area contributed by atoms with Crippen molar-refractivity contribution in [2.24, 2.45) is 0 Å². The van der Waals surface area contributed by atoms with E-state index in [2.05, 4.69) is 15.5 Å². The van der Waals surface area contributed by atoms with E-state index in [-0.39, 0.29) is 0 Å². The summed E-state index contributed by atoms with van der Waals surface area (Å²) in [7, 11) is 1.70. The van der Waals surface area contributed by atoms with Crippen LogP contribution in [-0.4, -0.2) is 41.6 Å². The van der Waals surface area contributed by atoms with Crippen molar-refractivity contribution in [3.05, 3.63) is 47.7 Å². The summed E-state index contributed by atoms with van der Waals surface area (Å²) in [4.78, 5) is 0. The Morgan fingerprint density at radius 1 is 1.00 bits per heavy atom. The normalized spacial score (nSPS) is 10.7. The lowest BCUT2D eigenvalue weighted by Gasteiger charge is -2.13. The standard InChI is InChI=1S/C18H20BN3O4/c1-11-16-8-13(19(23)24)5-7-15(16)18(22-21-11)20-10-12-4-6-14(25-2)9-17(12)26-3/h4-9,23-24H,10H2,1-3H3,(H,20,22). The molecule has 7 nitrogen and oxygen atoms in total. The third-order valence-corrected chi connectivity index (χ3v) is 4.23. The number of nitrogens with zero attached hydrogens (tertiary/aromatic N) is 2. The van der Waals surface area contributed by atoms with Crippen LogP contribution < -0.4 is 20.3 Å². The molecule has 1 heterocycles. The second-order valence-electron chi connectivity index (χ2n) is 5.84. The maximum atomic E-state index is 9.38. The molecular weight excluding hydrogens is 333 g/mol. The molecule has 26 heavy (non-hydrogen) atoms. The Labute approximate surface area is 151 Å². The zero-order valence-electron chi connectivity index (χ0n) is 14.9. The van der Waals surface area contributed by atoms with Crippen LogP contribution in [0.5, 0.6) is 11.5 Å². The van der Waals surface area contributed by atoms with E-state index >= 15 is 0 Å². The Balaban J connectivity index is 1.91. The van der Waals surface area contributed by atoms with E-state index in [0.29, 0.717) is 23.6 Å². The average molecular weight is 353 g/mol. The zero-order chi connectivity index (χ0) is 18.7. The van der Waals surface area contributed by atoms with Crippen molar-refractivity contribution >= 4 is 29.2 Å². The second-order valence-corrected chi connectivity index (χ2v) is 5.84. The quantitative estimate of drug-likeness (QED) is 0.574. The molecule has 134 valence electrons. The van der Waals surface area contributed by atoms with Gasteiger partial charge in [0, 0.05) is 28.9 Å². The van der Waals surface area contributed by atoms with Gasteiger partial charge in [-0.15, -0.1) is 5.10 Å². The predicted octanol–water partition coefficient (Wildman–Crippen LogP) is 1.25. The monoisotopic (exact) mass is 353 g/mol. The van der Waals surface area contributed by atoms with Crippen LogP contribution in [0.2, 0.25) is 0 Å². The molecule has 3 aromatic rings. The number of anilines is 1.